The molecule has 0 saturated heterocycles. The van der Waals surface area contributed by atoms with E-state index >= 15 is 0 Å². The van der Waals surface area contributed by atoms with Crippen molar-refractivity contribution in [3.63, 3.8) is 0 Å². The average Bonchev–Trinajstić information content (AvgIpc) is 2.90. The summed E-state index contributed by atoms with van der Waals surface area (Å²) >= 11 is 0. The maximum Gasteiger partial charge on any atom is 0.292 e. The quantitative estimate of drug-likeness (QED) is 0.0998. The minimum atomic E-state index is 0. The molecular weight excluding hydrogens is 546 g/mol. The zero-order chi connectivity index (χ0) is 30.9. The number of rotatable bonds is 26. The Morgan fingerprint density at radius 2 is 0.738 bits per heavy atom. The molecule has 2 N–H and O–H groups in total. The van der Waals surface area contributed by atoms with Crippen molar-refractivity contribution >= 4 is 12.9 Å². The molecule has 0 aliphatic rings. The number of amides is 1. The van der Waals surface area contributed by atoms with Crippen molar-refractivity contribution in [1.29, 1.82) is 0 Å². The van der Waals surface area contributed by atoms with Crippen molar-refractivity contribution in [1.82, 2.24) is 24.5 Å². The van der Waals surface area contributed by atoms with Crippen LogP contribution in [0.15, 0.2) is 0 Å². The van der Waals surface area contributed by atoms with Gasteiger partial charge in [0.15, 0.2) is 0 Å². The van der Waals surface area contributed by atoms with E-state index in [1.165, 1.54) is 13.5 Å². The van der Waals surface area contributed by atoms with Gasteiger partial charge in [-0.05, 0) is 75.6 Å². The van der Waals surface area contributed by atoms with Crippen LogP contribution in [0.1, 0.15) is 26.7 Å². The molecule has 0 bridgehead atoms. The second kappa shape index (κ2) is 41.7. The Hall–Kier alpha value is -1.42. The molecule has 0 spiro atoms. The first-order chi connectivity index (χ1) is 19.1. The fraction of sp³-hybridized carbons (Fsp3) is 0.931. The SMILES string of the molecule is C.CN(C)CCOCCCCCOCCN(C)C.CN(C)CCOCCN(C=O)CCOCCN(C)C.COC=O.O. The molecule has 0 aromatic carbocycles. The lowest BCUT2D eigenvalue weighted by Gasteiger charge is -2.18. The lowest BCUT2D eigenvalue weighted by atomic mass is 10.2. The highest BCUT2D eigenvalue weighted by molar-refractivity contribution is 5.46. The minimum Gasteiger partial charge on any atom is -0.471 e. The van der Waals surface area contributed by atoms with E-state index in [1.807, 2.05) is 28.2 Å². The second-order valence-electron chi connectivity index (χ2n) is 10.2. The summed E-state index contributed by atoms with van der Waals surface area (Å²) in [6.07, 6.45) is 4.34. The zero-order valence-corrected chi connectivity index (χ0v) is 27.8. The monoisotopic (exact) mass is 616 g/mol. The lowest BCUT2D eigenvalue weighted by Crippen LogP contribution is -2.31. The Morgan fingerprint density at radius 3 is 0.976 bits per heavy atom. The van der Waals surface area contributed by atoms with Gasteiger partial charge in [0, 0.05) is 52.5 Å². The van der Waals surface area contributed by atoms with E-state index in [0.29, 0.717) is 46.0 Å². The number of carbonyl (C=O) groups excluding carboxylic acids is 2. The number of unbranched alkanes of at least 4 members (excludes halogenated alkanes) is 2. The fourth-order valence-electron chi connectivity index (χ4n) is 2.56. The van der Waals surface area contributed by atoms with Crippen LogP contribution < -0.4 is 0 Å². The molecule has 0 rings (SSSR count). The number of carbonyl (C=O) groups is 2. The molecule has 0 unspecified atom stereocenters. The highest BCUT2D eigenvalue weighted by Gasteiger charge is 2.02. The maximum absolute atomic E-state index is 10.8. The number of hydrogen-bond donors (Lipinski definition) is 0. The van der Waals surface area contributed by atoms with Crippen molar-refractivity contribution in [2.24, 2.45) is 0 Å². The first kappa shape index (κ1) is 50.2. The van der Waals surface area contributed by atoms with Gasteiger partial charge in [0.05, 0.1) is 46.8 Å². The highest BCUT2D eigenvalue weighted by Crippen LogP contribution is 1.97. The van der Waals surface area contributed by atoms with Gasteiger partial charge in [-0.2, -0.15) is 0 Å². The van der Waals surface area contributed by atoms with Gasteiger partial charge in [0.1, 0.15) is 0 Å². The molecule has 0 aromatic rings. The molecule has 13 nitrogen and oxygen atoms in total. The van der Waals surface area contributed by atoms with Gasteiger partial charge in [-0.25, -0.2) is 0 Å². The zero-order valence-electron chi connectivity index (χ0n) is 27.8. The predicted molar refractivity (Wildman–Crippen MR) is 172 cm³/mol. The third-order valence-corrected chi connectivity index (χ3v) is 5.10. The first-order valence-electron chi connectivity index (χ1n) is 14.2. The van der Waals surface area contributed by atoms with Crippen molar-refractivity contribution < 1.29 is 38.7 Å². The van der Waals surface area contributed by atoms with E-state index in [2.05, 4.69) is 52.5 Å². The van der Waals surface area contributed by atoms with E-state index in [9.17, 15) is 4.79 Å². The van der Waals surface area contributed by atoms with Gasteiger partial charge in [-0.15, -0.1) is 0 Å². The normalized spacial score (nSPS) is 10.3. The van der Waals surface area contributed by atoms with Crippen LogP contribution in [0.2, 0.25) is 0 Å². The largest absolute Gasteiger partial charge is 0.471 e. The molecule has 42 heavy (non-hydrogen) atoms. The Labute approximate surface area is 258 Å². The van der Waals surface area contributed by atoms with Crippen LogP contribution in [0.5, 0.6) is 0 Å². The summed E-state index contributed by atoms with van der Waals surface area (Å²) in [4.78, 5) is 29.9. The molecule has 0 atom stereocenters. The van der Waals surface area contributed by atoms with Crippen LogP contribution in [0.3, 0.4) is 0 Å². The van der Waals surface area contributed by atoms with E-state index < -0.39 is 0 Å². The van der Waals surface area contributed by atoms with Gasteiger partial charge in [0.2, 0.25) is 6.41 Å². The summed E-state index contributed by atoms with van der Waals surface area (Å²) < 4.78 is 25.8. The molecular formula is C29H69N5O8. The Bertz CT molecular complexity index is 471. The summed E-state index contributed by atoms with van der Waals surface area (Å²) in [5.41, 5.74) is 0. The van der Waals surface area contributed by atoms with Crippen LogP contribution >= 0.6 is 0 Å². The predicted octanol–water partition coefficient (Wildman–Crippen LogP) is 0.515. The molecule has 0 aromatic heterocycles. The molecule has 1 amide bonds. The van der Waals surface area contributed by atoms with Crippen molar-refractivity contribution in [2.75, 3.05) is 156 Å². The molecule has 0 aliphatic carbocycles. The molecule has 0 saturated carbocycles. The number of likely N-dealkylation sites (N-methyl/N-ethyl adjacent to an activating group) is 4. The van der Waals surface area contributed by atoms with Crippen LogP contribution in [-0.2, 0) is 33.3 Å². The van der Waals surface area contributed by atoms with Gasteiger partial charge in [0.25, 0.3) is 6.47 Å². The number of nitrogens with zero attached hydrogens (tertiary/aromatic N) is 5. The van der Waals surface area contributed by atoms with Gasteiger partial charge in [-0.3, -0.25) is 9.59 Å². The summed E-state index contributed by atoms with van der Waals surface area (Å²) in [6, 6.07) is 0. The molecule has 0 radical (unpaired) electrons. The standard InChI is InChI=1S/C13H29N3O3.C13H30N2O2.C2H4O2.CH4.H2O/c1-14(2)5-9-18-11-7-16(13-17)8-12-19-10-6-15(3)4;1-14(2)8-12-16-10-6-5-7-11-17-13-9-15(3)4;1-4-2-3;;/h13H,5-12H2,1-4H3;5-13H2,1-4H3;2H,1H3;1H4;1H2. The smallest absolute Gasteiger partial charge is 0.292 e. The number of ether oxygens (including phenoxy) is 5. The third kappa shape index (κ3) is 54.6. The molecule has 0 fully saturated rings. The fourth-order valence-corrected chi connectivity index (χ4v) is 2.56. The van der Waals surface area contributed by atoms with Crippen molar-refractivity contribution in [3.8, 4) is 0 Å². The first-order valence-corrected chi connectivity index (χ1v) is 14.2. The number of hydrogen-bond acceptors (Lipinski definition) is 11. The van der Waals surface area contributed by atoms with Gasteiger partial charge >= 0.3 is 0 Å². The minimum absolute atomic E-state index is 0. The Kier molecular flexibility index (Phi) is 49.9. The van der Waals surface area contributed by atoms with Gasteiger partial charge < -0.3 is 53.7 Å². The topological polar surface area (TPSA) is 128 Å². The molecule has 13 heteroatoms. The average molecular weight is 616 g/mol. The third-order valence-electron chi connectivity index (χ3n) is 5.10. The summed E-state index contributed by atoms with van der Waals surface area (Å²) in [5, 5.41) is 0. The van der Waals surface area contributed by atoms with Crippen molar-refractivity contribution in [2.45, 2.75) is 26.7 Å². The van der Waals surface area contributed by atoms with Crippen LogP contribution in [0, 0.1) is 0 Å². The Balaban J connectivity index is -0.000000185. The van der Waals surface area contributed by atoms with E-state index in [0.717, 1.165) is 71.9 Å². The summed E-state index contributed by atoms with van der Waals surface area (Å²) in [5.74, 6) is 0. The highest BCUT2D eigenvalue weighted by atomic mass is 16.5. The van der Waals surface area contributed by atoms with E-state index in [4.69, 9.17) is 23.7 Å². The second-order valence-corrected chi connectivity index (χ2v) is 10.2. The molecule has 0 aliphatic heterocycles. The van der Waals surface area contributed by atoms with Crippen molar-refractivity contribution in [3.05, 3.63) is 0 Å². The maximum atomic E-state index is 10.8. The molecule has 0 heterocycles. The lowest BCUT2D eigenvalue weighted by molar-refractivity contribution is -0.126. The van der Waals surface area contributed by atoms with E-state index in [-0.39, 0.29) is 12.9 Å². The van der Waals surface area contributed by atoms with Crippen LogP contribution in [0.4, 0.5) is 0 Å². The van der Waals surface area contributed by atoms with Gasteiger partial charge in [-0.1, -0.05) is 7.43 Å². The van der Waals surface area contributed by atoms with E-state index in [1.54, 1.807) is 4.90 Å². The number of methoxy groups -OCH3 is 1. The van der Waals surface area contributed by atoms with Crippen LogP contribution in [-0.4, -0.2) is 198 Å². The van der Waals surface area contributed by atoms with Crippen LogP contribution in [0.25, 0.3) is 0 Å². The summed E-state index contributed by atoms with van der Waals surface area (Å²) in [7, 11) is 17.6. The summed E-state index contributed by atoms with van der Waals surface area (Å²) in [6.45, 7) is 11.4. The Morgan fingerprint density at radius 1 is 0.476 bits per heavy atom. The molecule has 258 valence electrons.